The van der Waals surface area contributed by atoms with Crippen LogP contribution in [0.3, 0.4) is 0 Å². The number of aliphatic hydroxyl groups is 2. The Balaban J connectivity index is 0.000000142. The van der Waals surface area contributed by atoms with Gasteiger partial charge in [-0.2, -0.15) is 10.2 Å². The molecule has 4 aromatic heterocycles. The highest BCUT2D eigenvalue weighted by atomic mass is 16.5. The molecule has 0 radical (unpaired) electrons. The van der Waals surface area contributed by atoms with Crippen LogP contribution in [-0.4, -0.2) is 113 Å². The van der Waals surface area contributed by atoms with E-state index in [1.165, 1.54) is 0 Å². The van der Waals surface area contributed by atoms with E-state index < -0.39 is 0 Å². The Morgan fingerprint density at radius 3 is 1.48 bits per heavy atom. The average Bonchev–Trinajstić information content (AvgIpc) is 3.95. The molecular formula is C38H46N10O6. The molecule has 4 fully saturated rings. The van der Waals surface area contributed by atoms with Crippen molar-refractivity contribution in [1.82, 2.24) is 50.1 Å². The summed E-state index contributed by atoms with van der Waals surface area (Å²) in [5.74, 6) is 3.52. The predicted molar refractivity (Wildman–Crippen MR) is 191 cm³/mol. The van der Waals surface area contributed by atoms with Gasteiger partial charge in [-0.25, -0.2) is 19.3 Å². The Morgan fingerprint density at radius 2 is 1.11 bits per heavy atom. The molecule has 6 aliphatic rings. The fourth-order valence-corrected chi connectivity index (χ4v) is 9.08. The number of nitrogens with zero attached hydrogens (tertiary/aromatic N) is 8. The summed E-state index contributed by atoms with van der Waals surface area (Å²) in [4.78, 5) is 43.0. The Bertz CT molecular complexity index is 1830. The van der Waals surface area contributed by atoms with Gasteiger partial charge in [-0.05, 0) is 75.0 Å². The number of amides is 2. The van der Waals surface area contributed by atoms with Crippen LogP contribution in [-0.2, 0) is 22.3 Å². The zero-order valence-corrected chi connectivity index (χ0v) is 30.1. The van der Waals surface area contributed by atoms with Crippen LogP contribution in [0.1, 0.15) is 93.9 Å². The summed E-state index contributed by atoms with van der Waals surface area (Å²) < 4.78 is 14.4. The number of ether oxygens (including phenoxy) is 2. The van der Waals surface area contributed by atoms with Gasteiger partial charge < -0.3 is 30.3 Å². The summed E-state index contributed by atoms with van der Waals surface area (Å²) in [6.45, 7) is 2.56. The molecule has 4 aliphatic carbocycles. The number of carbonyl (C=O) groups is 2. The highest BCUT2D eigenvalue weighted by Gasteiger charge is 2.51. The lowest BCUT2D eigenvalue weighted by atomic mass is 9.92. The molecule has 0 unspecified atom stereocenters. The average molecular weight is 739 g/mol. The van der Waals surface area contributed by atoms with Crippen LogP contribution in [0.25, 0.3) is 11.6 Å². The molecule has 16 heteroatoms. The molecule has 2 amide bonds. The van der Waals surface area contributed by atoms with E-state index in [2.05, 4.69) is 40.8 Å². The molecule has 6 heterocycles. The van der Waals surface area contributed by atoms with Crippen molar-refractivity contribution < 1.29 is 29.3 Å². The first-order chi connectivity index (χ1) is 26.5. The van der Waals surface area contributed by atoms with Crippen molar-refractivity contribution in [1.29, 1.82) is 0 Å². The van der Waals surface area contributed by atoms with Crippen molar-refractivity contribution in [2.24, 2.45) is 23.7 Å². The van der Waals surface area contributed by atoms with E-state index in [1.807, 2.05) is 0 Å². The molecule has 2 saturated carbocycles. The zero-order valence-electron chi connectivity index (χ0n) is 30.1. The van der Waals surface area contributed by atoms with Crippen LogP contribution in [0.2, 0.25) is 0 Å². The number of aliphatic hydroxyl groups excluding tert-OH is 2. The van der Waals surface area contributed by atoms with Gasteiger partial charge in [0.25, 0.3) is 11.8 Å². The number of carbonyl (C=O) groups excluding carboxylic acids is 2. The Labute approximate surface area is 312 Å². The van der Waals surface area contributed by atoms with Gasteiger partial charge in [-0.1, -0.05) is 0 Å². The lowest BCUT2D eigenvalue weighted by Crippen LogP contribution is -2.45. The molecule has 54 heavy (non-hydrogen) atoms. The fourth-order valence-electron chi connectivity index (χ4n) is 9.08. The number of nitrogens with one attached hydrogen (secondary N) is 2. The normalized spacial score (nSPS) is 24.9. The standard InChI is InChI=1S/2C19H23N5O3/c2*25-10-15(11-1-5-27-6-2-11)22-19(26)17-14-8-12-7-13(12)18(14)24(23-17)16-9-20-3-4-21-16/h2*3-4,9,11-13,15,25H,1-2,5-8,10H2,(H,22,26)/t12-,13-,15+;12-,13-,15-/m11/s1. The number of fused-ring (bicyclic) bond motifs is 6. The van der Waals surface area contributed by atoms with Gasteiger partial charge in [-0.3, -0.25) is 19.6 Å². The number of hydrogen-bond acceptors (Lipinski definition) is 12. The molecular weight excluding hydrogens is 692 g/mol. The van der Waals surface area contributed by atoms with Crippen LogP contribution in [0.4, 0.5) is 0 Å². The van der Waals surface area contributed by atoms with E-state index in [4.69, 9.17) is 9.47 Å². The third-order valence-corrected chi connectivity index (χ3v) is 12.2. The summed E-state index contributed by atoms with van der Waals surface area (Å²) in [5.41, 5.74) is 5.21. The van der Waals surface area contributed by atoms with Gasteiger partial charge in [0.2, 0.25) is 0 Å². The molecule has 2 saturated heterocycles. The second kappa shape index (κ2) is 14.9. The fraction of sp³-hybridized carbons (Fsp3) is 0.579. The van der Waals surface area contributed by atoms with E-state index in [-0.39, 0.29) is 48.9 Å². The van der Waals surface area contributed by atoms with Crippen molar-refractivity contribution in [2.45, 2.75) is 75.3 Å². The van der Waals surface area contributed by atoms with E-state index in [9.17, 15) is 19.8 Å². The van der Waals surface area contributed by atoms with Gasteiger partial charge in [-0.15, -0.1) is 0 Å². The molecule has 0 spiro atoms. The molecule has 10 rings (SSSR count). The molecule has 6 atom stereocenters. The van der Waals surface area contributed by atoms with Crippen molar-refractivity contribution in [3.05, 3.63) is 71.1 Å². The minimum atomic E-state index is -0.269. The summed E-state index contributed by atoms with van der Waals surface area (Å²) >= 11 is 0. The topological polar surface area (TPSA) is 204 Å². The lowest BCUT2D eigenvalue weighted by Gasteiger charge is -2.29. The first-order valence-corrected chi connectivity index (χ1v) is 19.3. The summed E-state index contributed by atoms with van der Waals surface area (Å²) in [7, 11) is 0. The maximum atomic E-state index is 13.0. The Morgan fingerprint density at radius 1 is 0.685 bits per heavy atom. The van der Waals surface area contributed by atoms with Crippen LogP contribution in [0, 0.1) is 23.7 Å². The van der Waals surface area contributed by atoms with E-state index in [0.29, 0.717) is 73.1 Å². The molecule has 0 aromatic carbocycles. The van der Waals surface area contributed by atoms with Crippen molar-refractivity contribution in [2.75, 3.05) is 39.6 Å². The van der Waals surface area contributed by atoms with Gasteiger partial charge in [0.05, 0.1) is 49.1 Å². The van der Waals surface area contributed by atoms with Crippen molar-refractivity contribution in [3.63, 3.8) is 0 Å². The molecule has 16 nitrogen and oxygen atoms in total. The van der Waals surface area contributed by atoms with Gasteiger partial charge >= 0.3 is 0 Å². The van der Waals surface area contributed by atoms with Crippen LogP contribution < -0.4 is 10.6 Å². The molecule has 0 bridgehead atoms. The van der Waals surface area contributed by atoms with E-state index in [1.54, 1.807) is 46.5 Å². The second-order valence-electron chi connectivity index (χ2n) is 15.4. The van der Waals surface area contributed by atoms with Crippen LogP contribution in [0.5, 0.6) is 0 Å². The quantitative estimate of drug-likeness (QED) is 0.184. The third-order valence-electron chi connectivity index (χ3n) is 12.2. The van der Waals surface area contributed by atoms with Gasteiger partial charge in [0.1, 0.15) is 0 Å². The first-order valence-electron chi connectivity index (χ1n) is 19.3. The maximum Gasteiger partial charge on any atom is 0.272 e. The largest absolute Gasteiger partial charge is 0.394 e. The zero-order chi connectivity index (χ0) is 36.8. The third kappa shape index (κ3) is 6.69. The smallest absolute Gasteiger partial charge is 0.272 e. The molecule has 4 aromatic rings. The van der Waals surface area contributed by atoms with Crippen LogP contribution >= 0.6 is 0 Å². The molecule has 2 aliphatic heterocycles. The second-order valence-corrected chi connectivity index (χ2v) is 15.4. The van der Waals surface area contributed by atoms with Gasteiger partial charge in [0.15, 0.2) is 23.0 Å². The Kier molecular flexibility index (Phi) is 9.67. The lowest BCUT2D eigenvalue weighted by molar-refractivity contribution is 0.0418. The molecule has 4 N–H and O–H groups in total. The molecule has 284 valence electrons. The highest BCUT2D eigenvalue weighted by molar-refractivity contribution is 5.95. The summed E-state index contributed by atoms with van der Waals surface area (Å²) in [6, 6.07) is -0.538. The number of aromatic nitrogens is 8. The maximum absolute atomic E-state index is 13.0. The SMILES string of the molecule is O=C(N[C@@H](CO)C1CCOCC1)c1nn(-c2cnccn2)c2c1C[C@H]1C[C@@H]21.O=C(N[C@H](CO)C1CCOCC1)c1nn(-c2cnccn2)c2c1C[C@H]1C[C@@H]21. The first kappa shape index (κ1) is 35.1. The minimum absolute atomic E-state index is 0.0747. The highest BCUT2D eigenvalue weighted by Crippen LogP contribution is 2.58. The Hall–Kier alpha value is -4.64. The van der Waals surface area contributed by atoms with Crippen LogP contribution in [0.15, 0.2) is 37.2 Å². The van der Waals surface area contributed by atoms with Crippen molar-refractivity contribution >= 4 is 11.8 Å². The summed E-state index contributed by atoms with van der Waals surface area (Å²) in [5, 5.41) is 34.9. The number of rotatable bonds is 10. The van der Waals surface area contributed by atoms with E-state index >= 15 is 0 Å². The number of hydrogen-bond donors (Lipinski definition) is 4. The predicted octanol–water partition coefficient (Wildman–Crippen LogP) is 1.68. The minimum Gasteiger partial charge on any atom is -0.394 e. The van der Waals surface area contributed by atoms with Gasteiger partial charge in [0, 0.05) is 74.2 Å². The van der Waals surface area contributed by atoms with E-state index in [0.717, 1.165) is 73.9 Å². The monoisotopic (exact) mass is 738 g/mol. The van der Waals surface area contributed by atoms with Crippen molar-refractivity contribution in [3.8, 4) is 11.6 Å². The summed E-state index contributed by atoms with van der Waals surface area (Å²) in [6.07, 6.45) is 17.3.